The molecule has 5 aromatic rings. The van der Waals surface area contributed by atoms with Gasteiger partial charge in [-0.2, -0.15) is 13.2 Å². The van der Waals surface area contributed by atoms with Gasteiger partial charge in [0.15, 0.2) is 0 Å². The molecular formula is C25H19F3N2S. The van der Waals surface area contributed by atoms with Crippen LogP contribution in [0.2, 0.25) is 0 Å². The number of nitrogens with zero attached hydrogens (tertiary/aromatic N) is 2. The molecule has 0 unspecified atom stereocenters. The second-order valence-electron chi connectivity index (χ2n) is 8.73. The summed E-state index contributed by atoms with van der Waals surface area (Å²) in [4.78, 5) is 8.38. The van der Waals surface area contributed by atoms with E-state index in [-0.39, 0.29) is 10.9 Å². The minimum Gasteiger partial charge on any atom is -0.236 e. The molecule has 31 heavy (non-hydrogen) atoms. The highest BCUT2D eigenvalue weighted by Crippen LogP contribution is 2.40. The molecule has 2 aromatic heterocycles. The summed E-state index contributed by atoms with van der Waals surface area (Å²) in [5.74, 6) is 0. The lowest BCUT2D eigenvalue weighted by Crippen LogP contribution is -2.12. The minimum absolute atomic E-state index is 0.0781. The SMILES string of the molecule is CC(C)(C)c1cc(-c2ncnc3c(C(F)(F)F)cccc23)cc2cc3ccsc3cc12. The average Bonchev–Trinajstić information content (AvgIpc) is 3.16. The van der Waals surface area contributed by atoms with Gasteiger partial charge >= 0.3 is 6.18 Å². The lowest BCUT2D eigenvalue weighted by atomic mass is 9.82. The van der Waals surface area contributed by atoms with Gasteiger partial charge in [0.1, 0.15) is 6.33 Å². The Labute approximate surface area is 181 Å². The van der Waals surface area contributed by atoms with Gasteiger partial charge in [-0.25, -0.2) is 9.97 Å². The third-order valence-corrected chi connectivity index (χ3v) is 6.46. The number of aromatic nitrogens is 2. The molecule has 0 saturated heterocycles. The molecule has 5 rings (SSSR count). The molecule has 2 heterocycles. The van der Waals surface area contributed by atoms with Crippen LogP contribution in [0.15, 0.2) is 60.2 Å². The van der Waals surface area contributed by atoms with E-state index in [4.69, 9.17) is 0 Å². The highest BCUT2D eigenvalue weighted by molar-refractivity contribution is 7.17. The normalized spacial score (nSPS) is 12.8. The summed E-state index contributed by atoms with van der Waals surface area (Å²) in [6, 6.07) is 14.6. The zero-order valence-corrected chi connectivity index (χ0v) is 18.0. The summed E-state index contributed by atoms with van der Waals surface area (Å²) < 4.78 is 41.8. The first-order valence-electron chi connectivity index (χ1n) is 9.90. The Kier molecular flexibility index (Phi) is 4.35. The smallest absolute Gasteiger partial charge is 0.236 e. The number of rotatable bonds is 1. The maximum Gasteiger partial charge on any atom is 0.418 e. The van der Waals surface area contributed by atoms with Gasteiger partial charge in [0.25, 0.3) is 0 Å². The van der Waals surface area contributed by atoms with Gasteiger partial charge in [-0.15, -0.1) is 11.3 Å². The van der Waals surface area contributed by atoms with Crippen LogP contribution in [0, 0.1) is 0 Å². The van der Waals surface area contributed by atoms with E-state index < -0.39 is 11.7 Å². The van der Waals surface area contributed by atoms with E-state index in [0.717, 1.165) is 33.4 Å². The van der Waals surface area contributed by atoms with Crippen molar-refractivity contribution >= 4 is 43.1 Å². The van der Waals surface area contributed by atoms with Crippen molar-refractivity contribution in [3.05, 3.63) is 71.4 Å². The van der Waals surface area contributed by atoms with Gasteiger partial charge in [0.2, 0.25) is 0 Å². The van der Waals surface area contributed by atoms with Gasteiger partial charge in [0, 0.05) is 15.6 Å². The topological polar surface area (TPSA) is 25.8 Å². The van der Waals surface area contributed by atoms with Crippen LogP contribution in [0.4, 0.5) is 13.2 Å². The summed E-state index contributed by atoms with van der Waals surface area (Å²) in [7, 11) is 0. The summed E-state index contributed by atoms with van der Waals surface area (Å²) in [6.45, 7) is 6.43. The fourth-order valence-electron chi connectivity index (χ4n) is 4.13. The number of benzene rings is 3. The first-order chi connectivity index (χ1) is 14.6. The minimum atomic E-state index is -4.48. The number of halogens is 3. The van der Waals surface area contributed by atoms with Crippen LogP contribution in [-0.2, 0) is 11.6 Å². The van der Waals surface area contributed by atoms with Crippen molar-refractivity contribution in [1.82, 2.24) is 9.97 Å². The third-order valence-electron chi connectivity index (χ3n) is 5.58. The van der Waals surface area contributed by atoms with Crippen LogP contribution in [0.25, 0.3) is 43.0 Å². The van der Waals surface area contributed by atoms with Crippen LogP contribution in [0.1, 0.15) is 31.9 Å². The zero-order chi connectivity index (χ0) is 22.0. The zero-order valence-electron chi connectivity index (χ0n) is 17.2. The van der Waals surface area contributed by atoms with Crippen molar-refractivity contribution in [2.24, 2.45) is 0 Å². The lowest BCUT2D eigenvalue weighted by Gasteiger charge is -2.23. The standard InChI is InChI=1S/C25H19F3N2S/c1-24(2,3)20-11-16(10-15-9-14-7-8-31-21(14)12-18(15)20)22-17-5-4-6-19(25(26,27)28)23(17)30-13-29-22/h4-13H,1-3H3. The molecule has 0 aliphatic heterocycles. The highest BCUT2D eigenvalue weighted by Gasteiger charge is 2.33. The molecule has 156 valence electrons. The maximum atomic E-state index is 13.5. The molecule has 0 aliphatic rings. The Bertz CT molecular complexity index is 1460. The van der Waals surface area contributed by atoms with E-state index >= 15 is 0 Å². The predicted molar refractivity (Wildman–Crippen MR) is 122 cm³/mol. The molecule has 0 radical (unpaired) electrons. The first-order valence-corrected chi connectivity index (χ1v) is 10.8. The second kappa shape index (κ2) is 6.76. The van der Waals surface area contributed by atoms with Crippen molar-refractivity contribution < 1.29 is 13.2 Å². The summed E-state index contributed by atoms with van der Waals surface area (Å²) in [6.07, 6.45) is -3.26. The molecule has 0 N–H and O–H groups in total. The van der Waals surface area contributed by atoms with Crippen molar-refractivity contribution in [1.29, 1.82) is 0 Å². The largest absolute Gasteiger partial charge is 0.418 e. The second-order valence-corrected chi connectivity index (χ2v) is 9.68. The van der Waals surface area contributed by atoms with Crippen molar-refractivity contribution in [3.63, 3.8) is 0 Å². The van der Waals surface area contributed by atoms with Crippen LogP contribution in [-0.4, -0.2) is 9.97 Å². The van der Waals surface area contributed by atoms with Crippen LogP contribution >= 0.6 is 11.3 Å². The van der Waals surface area contributed by atoms with E-state index in [0.29, 0.717) is 11.1 Å². The number of hydrogen-bond donors (Lipinski definition) is 0. The van der Waals surface area contributed by atoms with E-state index in [1.54, 1.807) is 17.4 Å². The molecule has 3 aromatic carbocycles. The molecule has 0 spiro atoms. The number of hydrogen-bond acceptors (Lipinski definition) is 3. The number of fused-ring (bicyclic) bond motifs is 3. The molecule has 2 nitrogen and oxygen atoms in total. The quantitative estimate of drug-likeness (QED) is 0.266. The van der Waals surface area contributed by atoms with Gasteiger partial charge in [-0.1, -0.05) is 32.9 Å². The van der Waals surface area contributed by atoms with Gasteiger partial charge in [-0.3, -0.25) is 0 Å². The average molecular weight is 437 g/mol. The Balaban J connectivity index is 1.85. The fraction of sp³-hybridized carbons (Fsp3) is 0.200. The summed E-state index contributed by atoms with van der Waals surface area (Å²) in [5.41, 5.74) is 1.46. The van der Waals surface area contributed by atoms with Gasteiger partial charge in [0.05, 0.1) is 16.8 Å². The monoisotopic (exact) mass is 436 g/mol. The van der Waals surface area contributed by atoms with Crippen molar-refractivity contribution in [2.75, 3.05) is 0 Å². The summed E-state index contributed by atoms with van der Waals surface area (Å²) in [5, 5.41) is 5.82. The Morgan fingerprint density at radius 3 is 2.35 bits per heavy atom. The first kappa shape index (κ1) is 19.9. The fourth-order valence-corrected chi connectivity index (χ4v) is 4.94. The molecule has 0 atom stereocenters. The molecule has 0 saturated carbocycles. The molecule has 0 amide bonds. The molecular weight excluding hydrogens is 417 g/mol. The molecule has 0 bridgehead atoms. The van der Waals surface area contributed by atoms with E-state index in [9.17, 15) is 13.2 Å². The molecule has 0 aliphatic carbocycles. The maximum absolute atomic E-state index is 13.5. The molecule has 0 fully saturated rings. The van der Waals surface area contributed by atoms with Gasteiger partial charge < -0.3 is 0 Å². The summed E-state index contributed by atoms with van der Waals surface area (Å²) >= 11 is 1.70. The van der Waals surface area contributed by atoms with Crippen LogP contribution < -0.4 is 0 Å². The van der Waals surface area contributed by atoms with E-state index in [1.807, 2.05) is 6.07 Å². The van der Waals surface area contributed by atoms with Crippen LogP contribution in [0.3, 0.4) is 0 Å². The predicted octanol–water partition coefficient (Wildman–Crippen LogP) is 7.98. The third kappa shape index (κ3) is 3.35. The van der Waals surface area contributed by atoms with E-state index in [2.05, 4.69) is 60.4 Å². The Hall–Kier alpha value is -2.99. The molecule has 6 heteroatoms. The van der Waals surface area contributed by atoms with Gasteiger partial charge in [-0.05, 0) is 68.9 Å². The number of alkyl halides is 3. The van der Waals surface area contributed by atoms with Crippen LogP contribution in [0.5, 0.6) is 0 Å². The van der Waals surface area contributed by atoms with Crippen molar-refractivity contribution in [3.8, 4) is 11.3 Å². The highest BCUT2D eigenvalue weighted by atomic mass is 32.1. The number of thiophene rings is 1. The Morgan fingerprint density at radius 1 is 0.806 bits per heavy atom. The number of para-hydroxylation sites is 1. The van der Waals surface area contributed by atoms with E-state index in [1.165, 1.54) is 17.1 Å². The lowest BCUT2D eigenvalue weighted by molar-refractivity contribution is -0.136. The Morgan fingerprint density at radius 2 is 1.61 bits per heavy atom. The van der Waals surface area contributed by atoms with Crippen molar-refractivity contribution in [2.45, 2.75) is 32.4 Å².